The Morgan fingerprint density at radius 3 is 2.79 bits per heavy atom. The van der Waals surface area contributed by atoms with Crippen LogP contribution in [0.15, 0.2) is 42.6 Å². The van der Waals surface area contributed by atoms with E-state index in [0.717, 1.165) is 17.6 Å². The average Bonchev–Trinajstić information content (AvgIpc) is 3.42. The van der Waals surface area contributed by atoms with Crippen LogP contribution in [0.25, 0.3) is 22.3 Å². The molecule has 10 heteroatoms. The quantitative estimate of drug-likeness (QED) is 0.431. The zero-order valence-corrected chi connectivity index (χ0v) is 17.2. The third-order valence-electron chi connectivity index (χ3n) is 5.62. The van der Waals surface area contributed by atoms with Crippen molar-refractivity contribution in [2.75, 3.05) is 13.7 Å². The van der Waals surface area contributed by atoms with Gasteiger partial charge in [0.1, 0.15) is 35.3 Å². The van der Waals surface area contributed by atoms with Gasteiger partial charge in [0, 0.05) is 29.2 Å². The Bertz CT molecular complexity index is 1410. The molecule has 1 aliphatic heterocycles. The van der Waals surface area contributed by atoms with Gasteiger partial charge in [-0.15, -0.1) is 0 Å². The normalized spacial score (nSPS) is 15.9. The number of alkyl halides is 3. The number of fused-ring (bicyclic) bond motifs is 2. The van der Waals surface area contributed by atoms with Crippen LogP contribution in [0.3, 0.4) is 0 Å². The first-order chi connectivity index (χ1) is 15.8. The number of rotatable bonds is 3. The highest BCUT2D eigenvalue weighted by molar-refractivity contribution is 5.92. The van der Waals surface area contributed by atoms with Gasteiger partial charge in [-0.3, -0.25) is 0 Å². The Hall–Kier alpha value is -3.84. The fraction of sp³-hybridized carbons (Fsp3) is 0.217. The maximum Gasteiger partial charge on any atom is 0.416 e. The molecule has 0 fully saturated rings. The minimum atomic E-state index is -4.61. The molecule has 5 rings (SSSR count). The number of nitrogens with zero attached hydrogens (tertiary/aromatic N) is 3. The summed E-state index contributed by atoms with van der Waals surface area (Å²) in [5.74, 6) is -0.0723. The van der Waals surface area contributed by atoms with E-state index in [0.29, 0.717) is 46.5 Å². The lowest BCUT2D eigenvalue weighted by Gasteiger charge is -2.25. The first-order valence-electron chi connectivity index (χ1n) is 9.95. The summed E-state index contributed by atoms with van der Waals surface area (Å²) in [6.07, 6.45) is -3.96. The van der Waals surface area contributed by atoms with Crippen molar-refractivity contribution in [3.63, 3.8) is 0 Å². The molecule has 3 heterocycles. The number of hydrogen-bond acceptors (Lipinski definition) is 4. The Morgan fingerprint density at radius 2 is 2.06 bits per heavy atom. The highest BCUT2D eigenvalue weighted by Gasteiger charge is 2.34. The third-order valence-corrected chi connectivity index (χ3v) is 5.62. The second-order valence-electron chi connectivity index (χ2n) is 7.57. The van der Waals surface area contributed by atoms with Crippen molar-refractivity contribution in [3.05, 3.63) is 70.9 Å². The Balaban J connectivity index is 1.59. The molecule has 0 aliphatic carbocycles. The summed E-state index contributed by atoms with van der Waals surface area (Å²) in [5.41, 5.74) is 1.05. The summed E-state index contributed by atoms with van der Waals surface area (Å²) in [4.78, 5) is 7.77. The molecule has 1 unspecified atom stereocenters. The largest absolute Gasteiger partial charge is 0.495 e. The van der Waals surface area contributed by atoms with E-state index in [-0.39, 0.29) is 12.2 Å². The van der Waals surface area contributed by atoms with Crippen LogP contribution < -0.4 is 4.74 Å². The van der Waals surface area contributed by atoms with Gasteiger partial charge >= 0.3 is 6.18 Å². The van der Waals surface area contributed by atoms with Crippen LogP contribution in [0.1, 0.15) is 28.6 Å². The van der Waals surface area contributed by atoms with Gasteiger partial charge in [-0.2, -0.15) is 18.4 Å². The zero-order valence-electron chi connectivity index (χ0n) is 17.2. The molecule has 1 N–H and O–H groups in total. The van der Waals surface area contributed by atoms with E-state index in [4.69, 9.17) is 9.47 Å². The van der Waals surface area contributed by atoms with Crippen molar-refractivity contribution in [3.8, 4) is 23.2 Å². The Labute approximate surface area is 185 Å². The summed E-state index contributed by atoms with van der Waals surface area (Å²) < 4.78 is 66.9. The predicted octanol–water partition coefficient (Wildman–Crippen LogP) is 5.19. The number of imidazole rings is 1. The van der Waals surface area contributed by atoms with E-state index < -0.39 is 23.7 Å². The zero-order chi connectivity index (χ0) is 23.3. The molecule has 2 aromatic heterocycles. The van der Waals surface area contributed by atoms with Crippen LogP contribution in [0.5, 0.6) is 5.75 Å². The monoisotopic (exact) mass is 456 g/mol. The van der Waals surface area contributed by atoms with Gasteiger partial charge in [-0.25, -0.2) is 9.37 Å². The topological polar surface area (TPSA) is 75.9 Å². The van der Waals surface area contributed by atoms with Crippen LogP contribution >= 0.6 is 0 Å². The van der Waals surface area contributed by atoms with Gasteiger partial charge < -0.3 is 19.0 Å². The minimum absolute atomic E-state index is 0.190. The molecule has 0 amide bonds. The number of methoxy groups -OCH3 is 1. The summed E-state index contributed by atoms with van der Waals surface area (Å²) in [6, 6.07) is 9.51. The number of aromatic nitrogens is 3. The number of aromatic amines is 1. The van der Waals surface area contributed by atoms with Crippen molar-refractivity contribution >= 4 is 10.9 Å². The van der Waals surface area contributed by atoms with Gasteiger partial charge in [-0.05, 0) is 36.4 Å². The van der Waals surface area contributed by atoms with Crippen molar-refractivity contribution < 1.29 is 27.0 Å². The molecule has 1 aliphatic rings. The molecule has 0 bridgehead atoms. The summed E-state index contributed by atoms with van der Waals surface area (Å²) in [6.45, 7) is 0.608. The molecule has 33 heavy (non-hydrogen) atoms. The molecule has 6 nitrogen and oxygen atoms in total. The second-order valence-corrected chi connectivity index (χ2v) is 7.57. The molecule has 0 spiro atoms. The van der Waals surface area contributed by atoms with Crippen molar-refractivity contribution in [2.45, 2.75) is 18.8 Å². The highest BCUT2D eigenvalue weighted by atomic mass is 19.4. The molecule has 0 saturated heterocycles. The number of H-pyrrole nitrogens is 1. The van der Waals surface area contributed by atoms with E-state index in [9.17, 15) is 22.8 Å². The summed E-state index contributed by atoms with van der Waals surface area (Å²) >= 11 is 0. The SMILES string of the molecule is COc1c(C#N)ccc2[nH]c(-c3cn4c(n3)C(c3cc(C(F)(F)F)ccc3F)OCC4)cc12. The lowest BCUT2D eigenvalue weighted by Crippen LogP contribution is -2.23. The van der Waals surface area contributed by atoms with Gasteiger partial charge in [0.05, 0.1) is 30.5 Å². The van der Waals surface area contributed by atoms with Crippen LogP contribution in [-0.2, 0) is 17.5 Å². The Kier molecular flexibility index (Phi) is 4.87. The molecule has 2 aromatic carbocycles. The second kappa shape index (κ2) is 7.64. The van der Waals surface area contributed by atoms with E-state index in [1.54, 1.807) is 29.0 Å². The van der Waals surface area contributed by atoms with Crippen molar-refractivity contribution in [1.29, 1.82) is 5.26 Å². The van der Waals surface area contributed by atoms with E-state index in [2.05, 4.69) is 16.0 Å². The first-order valence-corrected chi connectivity index (χ1v) is 9.95. The molecule has 0 saturated carbocycles. The van der Waals surface area contributed by atoms with Gasteiger partial charge in [0.25, 0.3) is 0 Å². The van der Waals surface area contributed by atoms with E-state index in [1.165, 1.54) is 7.11 Å². The average molecular weight is 456 g/mol. The van der Waals surface area contributed by atoms with Gasteiger partial charge in [0.2, 0.25) is 0 Å². The minimum Gasteiger partial charge on any atom is -0.495 e. The molecule has 0 radical (unpaired) electrons. The molecular formula is C23H16F4N4O2. The third kappa shape index (κ3) is 3.50. The molecular weight excluding hydrogens is 440 g/mol. The van der Waals surface area contributed by atoms with Gasteiger partial charge in [-0.1, -0.05) is 0 Å². The molecule has 168 valence electrons. The summed E-state index contributed by atoms with van der Waals surface area (Å²) in [7, 11) is 1.48. The van der Waals surface area contributed by atoms with Crippen molar-refractivity contribution in [1.82, 2.24) is 14.5 Å². The number of hydrogen-bond donors (Lipinski definition) is 1. The first kappa shape index (κ1) is 21.0. The maximum atomic E-state index is 14.5. The van der Waals surface area contributed by atoms with Crippen LogP contribution in [0, 0.1) is 17.1 Å². The Morgan fingerprint density at radius 1 is 1.24 bits per heavy atom. The lowest BCUT2D eigenvalue weighted by molar-refractivity contribution is -0.137. The number of nitriles is 1. The smallest absolute Gasteiger partial charge is 0.416 e. The number of benzene rings is 2. The van der Waals surface area contributed by atoms with Crippen LogP contribution in [0.4, 0.5) is 17.6 Å². The maximum absolute atomic E-state index is 14.5. The fourth-order valence-electron chi connectivity index (χ4n) is 4.06. The van der Waals surface area contributed by atoms with E-state index >= 15 is 0 Å². The standard InChI is InChI=1S/C23H16F4N4O2/c1-32-20-12(10-28)2-5-17-15(20)9-18(29-17)19-11-31-6-7-33-21(22(31)30-19)14-8-13(23(25,26)27)3-4-16(14)24/h2-5,8-9,11,21,29H,6-7H2,1H3. The molecule has 4 aromatic rings. The van der Waals surface area contributed by atoms with Crippen LogP contribution in [-0.4, -0.2) is 28.3 Å². The number of ether oxygens (including phenoxy) is 2. The number of halogens is 4. The predicted molar refractivity (Wildman–Crippen MR) is 110 cm³/mol. The van der Waals surface area contributed by atoms with E-state index in [1.807, 2.05) is 0 Å². The van der Waals surface area contributed by atoms with Gasteiger partial charge in [0.15, 0.2) is 0 Å². The lowest BCUT2D eigenvalue weighted by atomic mass is 10.0. The summed E-state index contributed by atoms with van der Waals surface area (Å²) in [5, 5.41) is 9.99. The fourth-order valence-corrected chi connectivity index (χ4v) is 4.06. The van der Waals surface area contributed by atoms with Crippen molar-refractivity contribution in [2.24, 2.45) is 0 Å². The number of nitrogens with one attached hydrogen (secondary N) is 1. The highest BCUT2D eigenvalue weighted by Crippen LogP contribution is 2.38. The molecule has 1 atom stereocenters. The van der Waals surface area contributed by atoms with Crippen LogP contribution in [0.2, 0.25) is 0 Å².